The number of nitrogens with zero attached hydrogens (tertiary/aromatic N) is 5. The van der Waals surface area contributed by atoms with Gasteiger partial charge in [-0.25, -0.2) is 18.7 Å². The number of aliphatic hydroxyl groups excluding tert-OH is 1. The van der Waals surface area contributed by atoms with Crippen molar-refractivity contribution in [3.63, 3.8) is 0 Å². The third-order valence-electron chi connectivity index (χ3n) is 6.52. The van der Waals surface area contributed by atoms with Crippen LogP contribution in [-0.2, 0) is 0 Å². The fourth-order valence-electron chi connectivity index (χ4n) is 4.36. The summed E-state index contributed by atoms with van der Waals surface area (Å²) in [5.41, 5.74) is 2.20. The quantitative estimate of drug-likeness (QED) is 0.429. The van der Waals surface area contributed by atoms with Gasteiger partial charge in [-0.3, -0.25) is 4.79 Å². The number of fused-ring (bicyclic) bond motifs is 2. The molecule has 4 heterocycles. The van der Waals surface area contributed by atoms with Gasteiger partial charge in [-0.05, 0) is 25.0 Å². The zero-order chi connectivity index (χ0) is 22.9. The SMILES string of the molecule is CNc1cc(-c2cn([C@@H]3CC3(F)F)c3ncccc23)nc2c(C(=O)NC3CC[C@H]3O)cnn12. The summed E-state index contributed by atoms with van der Waals surface area (Å²) in [7, 11) is 1.72. The van der Waals surface area contributed by atoms with Crippen LogP contribution in [0.25, 0.3) is 27.9 Å². The van der Waals surface area contributed by atoms with Gasteiger partial charge in [0, 0.05) is 42.9 Å². The van der Waals surface area contributed by atoms with Gasteiger partial charge in [0.05, 0.1) is 24.0 Å². The average molecular weight is 453 g/mol. The van der Waals surface area contributed by atoms with E-state index in [1.165, 1.54) is 15.3 Å². The maximum atomic E-state index is 13.9. The number of hydrogen-bond acceptors (Lipinski definition) is 6. The molecule has 0 spiro atoms. The van der Waals surface area contributed by atoms with E-state index in [-0.39, 0.29) is 23.9 Å². The van der Waals surface area contributed by atoms with Crippen LogP contribution in [0.4, 0.5) is 14.6 Å². The van der Waals surface area contributed by atoms with Crippen LogP contribution in [0, 0.1) is 0 Å². The molecule has 3 N–H and O–H groups in total. The number of hydrogen-bond donors (Lipinski definition) is 3. The lowest BCUT2D eigenvalue weighted by molar-refractivity contribution is 0.0448. The molecule has 1 unspecified atom stereocenters. The van der Waals surface area contributed by atoms with Gasteiger partial charge in [0.15, 0.2) is 5.65 Å². The van der Waals surface area contributed by atoms with Gasteiger partial charge in [0.1, 0.15) is 23.1 Å². The van der Waals surface area contributed by atoms with Gasteiger partial charge >= 0.3 is 0 Å². The molecule has 0 aliphatic heterocycles. The first-order chi connectivity index (χ1) is 15.9. The third kappa shape index (κ3) is 3.06. The molecule has 0 bridgehead atoms. The molecule has 2 aliphatic carbocycles. The van der Waals surface area contributed by atoms with Gasteiger partial charge in [0.25, 0.3) is 11.8 Å². The highest BCUT2D eigenvalue weighted by atomic mass is 19.3. The van der Waals surface area contributed by atoms with Crippen molar-refractivity contribution in [1.29, 1.82) is 0 Å². The summed E-state index contributed by atoms with van der Waals surface area (Å²) < 4.78 is 30.8. The summed E-state index contributed by atoms with van der Waals surface area (Å²) in [4.78, 5) is 21.9. The lowest BCUT2D eigenvalue weighted by Crippen LogP contribution is -2.50. The number of carbonyl (C=O) groups is 1. The van der Waals surface area contributed by atoms with Crippen LogP contribution < -0.4 is 10.6 Å². The molecule has 9 nitrogen and oxygen atoms in total. The molecule has 0 saturated heterocycles. The van der Waals surface area contributed by atoms with Crippen LogP contribution in [0.15, 0.2) is 36.8 Å². The number of halogens is 2. The minimum absolute atomic E-state index is 0.221. The average Bonchev–Trinajstić information content (AvgIpc) is 3.16. The van der Waals surface area contributed by atoms with Crippen molar-refractivity contribution in [1.82, 2.24) is 29.5 Å². The molecule has 6 rings (SSSR count). The van der Waals surface area contributed by atoms with Crippen molar-refractivity contribution < 1.29 is 18.7 Å². The van der Waals surface area contributed by atoms with E-state index >= 15 is 0 Å². The van der Waals surface area contributed by atoms with Crippen LogP contribution in [0.2, 0.25) is 0 Å². The Labute approximate surface area is 186 Å². The molecule has 3 atom stereocenters. The van der Waals surface area contributed by atoms with Crippen molar-refractivity contribution in [2.45, 2.75) is 43.4 Å². The van der Waals surface area contributed by atoms with E-state index in [1.807, 2.05) is 6.07 Å². The fourth-order valence-corrected chi connectivity index (χ4v) is 4.36. The minimum Gasteiger partial charge on any atom is -0.391 e. The first-order valence-electron chi connectivity index (χ1n) is 10.8. The number of alkyl halides is 2. The Hall–Kier alpha value is -3.60. The zero-order valence-electron chi connectivity index (χ0n) is 17.7. The third-order valence-corrected chi connectivity index (χ3v) is 6.52. The molecule has 170 valence electrons. The maximum Gasteiger partial charge on any atom is 0.270 e. The summed E-state index contributed by atoms with van der Waals surface area (Å²) in [6.07, 6.45) is 5.26. The maximum absolute atomic E-state index is 13.9. The minimum atomic E-state index is -2.75. The van der Waals surface area contributed by atoms with Gasteiger partial charge in [-0.2, -0.15) is 9.61 Å². The summed E-state index contributed by atoms with van der Waals surface area (Å²) in [6, 6.07) is 4.11. The van der Waals surface area contributed by atoms with E-state index in [0.717, 1.165) is 0 Å². The van der Waals surface area contributed by atoms with Gasteiger partial charge < -0.3 is 20.3 Å². The monoisotopic (exact) mass is 453 g/mol. The normalized spacial score (nSPS) is 23.5. The largest absolute Gasteiger partial charge is 0.391 e. The van der Waals surface area contributed by atoms with E-state index < -0.39 is 18.1 Å². The van der Waals surface area contributed by atoms with Gasteiger partial charge in [-0.1, -0.05) is 0 Å². The predicted octanol–water partition coefficient (Wildman–Crippen LogP) is 2.62. The molecule has 4 aromatic heterocycles. The van der Waals surface area contributed by atoms with E-state index in [9.17, 15) is 18.7 Å². The summed E-state index contributed by atoms with van der Waals surface area (Å²) in [6.45, 7) is 0. The van der Waals surface area contributed by atoms with E-state index in [1.54, 1.807) is 31.6 Å². The Morgan fingerprint density at radius 2 is 2.12 bits per heavy atom. The lowest BCUT2D eigenvalue weighted by Gasteiger charge is -2.32. The van der Waals surface area contributed by atoms with E-state index in [2.05, 4.69) is 20.7 Å². The van der Waals surface area contributed by atoms with Crippen LogP contribution in [0.3, 0.4) is 0 Å². The topological polar surface area (TPSA) is 109 Å². The highest BCUT2D eigenvalue weighted by molar-refractivity contribution is 6.01. The highest BCUT2D eigenvalue weighted by Crippen LogP contribution is 2.54. The second-order valence-electron chi connectivity index (χ2n) is 8.60. The van der Waals surface area contributed by atoms with E-state index in [0.29, 0.717) is 46.6 Å². The Morgan fingerprint density at radius 3 is 2.79 bits per heavy atom. The van der Waals surface area contributed by atoms with Crippen molar-refractivity contribution in [3.8, 4) is 11.3 Å². The lowest BCUT2D eigenvalue weighted by atomic mass is 9.89. The van der Waals surface area contributed by atoms with Crippen molar-refractivity contribution in [3.05, 3.63) is 42.4 Å². The van der Waals surface area contributed by atoms with Crippen molar-refractivity contribution >= 4 is 28.4 Å². The first kappa shape index (κ1) is 20.0. The molecular weight excluding hydrogens is 432 g/mol. The summed E-state index contributed by atoms with van der Waals surface area (Å²) >= 11 is 0. The Morgan fingerprint density at radius 1 is 1.30 bits per heavy atom. The number of amides is 1. The van der Waals surface area contributed by atoms with Crippen LogP contribution in [0.1, 0.15) is 35.7 Å². The molecule has 0 aromatic carbocycles. The molecule has 4 aromatic rings. The van der Waals surface area contributed by atoms with Crippen LogP contribution in [0.5, 0.6) is 0 Å². The van der Waals surface area contributed by atoms with Gasteiger partial charge in [-0.15, -0.1) is 0 Å². The summed E-state index contributed by atoms with van der Waals surface area (Å²) in [5, 5.41) is 20.7. The Kier molecular flexibility index (Phi) is 4.22. The number of anilines is 1. The number of aromatic nitrogens is 5. The standard InChI is InChI=1S/C22H21F2N7O2/c1-25-18-7-15(13-10-30(17-8-22(17,23)24)19-11(13)3-2-6-26-19)28-20-12(9-27-31(18)20)21(33)29-14-4-5-16(14)32/h2-3,6-7,9-10,14,16-17,25,32H,4-5,8H2,1H3,(H,29,33)/t14?,16-,17-/m1/s1. The van der Waals surface area contributed by atoms with Crippen molar-refractivity contribution in [2.24, 2.45) is 0 Å². The second-order valence-corrected chi connectivity index (χ2v) is 8.60. The first-order valence-corrected chi connectivity index (χ1v) is 10.8. The molecule has 2 saturated carbocycles. The molecule has 2 fully saturated rings. The Bertz CT molecular complexity index is 1410. The molecule has 0 radical (unpaired) electrons. The van der Waals surface area contributed by atoms with Gasteiger partial charge in [0.2, 0.25) is 0 Å². The Balaban J connectivity index is 1.48. The number of carbonyl (C=O) groups excluding carboxylic acids is 1. The highest BCUT2D eigenvalue weighted by Gasteiger charge is 2.58. The summed E-state index contributed by atoms with van der Waals surface area (Å²) in [5.74, 6) is -2.54. The van der Waals surface area contributed by atoms with Crippen LogP contribution >= 0.6 is 0 Å². The smallest absolute Gasteiger partial charge is 0.270 e. The number of nitrogens with one attached hydrogen (secondary N) is 2. The molecule has 11 heteroatoms. The molecule has 33 heavy (non-hydrogen) atoms. The number of pyridine rings is 1. The molecule has 1 amide bonds. The fraction of sp³-hybridized carbons (Fsp3) is 0.364. The van der Waals surface area contributed by atoms with E-state index in [4.69, 9.17) is 4.98 Å². The van der Waals surface area contributed by atoms with Crippen LogP contribution in [-0.4, -0.2) is 60.3 Å². The van der Waals surface area contributed by atoms with Crippen molar-refractivity contribution in [2.75, 3.05) is 12.4 Å². The zero-order valence-corrected chi connectivity index (χ0v) is 17.7. The molecular formula is C22H21F2N7O2. The molecule has 2 aliphatic rings. The second kappa shape index (κ2) is 6.95. The predicted molar refractivity (Wildman–Crippen MR) is 116 cm³/mol. The number of aliphatic hydroxyl groups is 1. The number of rotatable bonds is 5.